The number of carbonyl (C=O) groups excluding carboxylic acids is 1. The lowest BCUT2D eigenvalue weighted by Gasteiger charge is -2.26. The van der Waals surface area contributed by atoms with Crippen molar-refractivity contribution in [1.29, 1.82) is 0 Å². The van der Waals surface area contributed by atoms with Crippen LogP contribution in [0.5, 0.6) is 0 Å². The second-order valence-electron chi connectivity index (χ2n) is 3.57. The Balaban J connectivity index is 2.17. The summed E-state index contributed by atoms with van der Waals surface area (Å²) in [6.07, 6.45) is 1.07. The Morgan fingerprint density at radius 1 is 1.62 bits per heavy atom. The Labute approximate surface area is 78.7 Å². The van der Waals surface area contributed by atoms with Crippen molar-refractivity contribution < 1.29 is 9.90 Å². The molecule has 0 radical (unpaired) electrons. The quantitative estimate of drug-likeness (QED) is 0.556. The monoisotopic (exact) mass is 186 g/mol. The Morgan fingerprint density at radius 3 is 3.00 bits per heavy atom. The second-order valence-corrected chi connectivity index (χ2v) is 3.57. The zero-order valence-corrected chi connectivity index (χ0v) is 8.05. The molecule has 76 valence electrons. The molecule has 1 amide bonds. The number of piperidine rings is 1. The second kappa shape index (κ2) is 5.19. The predicted octanol–water partition coefficient (Wildman–Crippen LogP) is -0.517. The van der Waals surface area contributed by atoms with Crippen molar-refractivity contribution in [2.24, 2.45) is 5.92 Å². The summed E-state index contributed by atoms with van der Waals surface area (Å²) in [5, 5.41) is 15.3. The van der Waals surface area contributed by atoms with Gasteiger partial charge in [-0.05, 0) is 18.9 Å². The highest BCUT2D eigenvalue weighted by Gasteiger charge is 2.19. The van der Waals surface area contributed by atoms with E-state index in [4.69, 9.17) is 0 Å². The molecule has 2 atom stereocenters. The summed E-state index contributed by atoms with van der Waals surface area (Å²) in [5.41, 5.74) is 0. The van der Waals surface area contributed by atoms with Gasteiger partial charge in [0.15, 0.2) is 0 Å². The zero-order chi connectivity index (χ0) is 9.68. The molecule has 13 heavy (non-hydrogen) atoms. The van der Waals surface area contributed by atoms with Gasteiger partial charge in [-0.25, -0.2) is 0 Å². The highest BCUT2D eigenvalue weighted by atomic mass is 16.3. The van der Waals surface area contributed by atoms with Gasteiger partial charge < -0.3 is 15.7 Å². The average molecular weight is 186 g/mol. The predicted molar refractivity (Wildman–Crippen MR) is 50.3 cm³/mol. The van der Waals surface area contributed by atoms with Gasteiger partial charge in [0.25, 0.3) is 0 Å². The topological polar surface area (TPSA) is 61.4 Å². The normalized spacial score (nSPS) is 28.5. The zero-order valence-electron chi connectivity index (χ0n) is 8.05. The van der Waals surface area contributed by atoms with Gasteiger partial charge >= 0.3 is 0 Å². The van der Waals surface area contributed by atoms with Crippen LogP contribution < -0.4 is 10.6 Å². The lowest BCUT2D eigenvalue weighted by atomic mass is 9.97. The largest absolute Gasteiger partial charge is 0.392 e. The maximum Gasteiger partial charge on any atom is 0.219 e. The number of hydrogen-bond acceptors (Lipinski definition) is 3. The maximum absolute atomic E-state index is 10.9. The fourth-order valence-corrected chi connectivity index (χ4v) is 1.54. The minimum absolute atomic E-state index is 0.0834. The summed E-state index contributed by atoms with van der Waals surface area (Å²) in [6, 6.07) is 0. The van der Waals surface area contributed by atoms with Crippen LogP contribution in [0.3, 0.4) is 0 Å². The molecule has 1 heterocycles. The molecule has 1 aliphatic rings. The van der Waals surface area contributed by atoms with Crippen LogP contribution in [0.2, 0.25) is 0 Å². The molecule has 3 N–H and O–H groups in total. The van der Waals surface area contributed by atoms with Crippen LogP contribution in [-0.2, 0) is 4.79 Å². The number of β-amino-alcohol motifs (C(OH)–C–C–N with tert-alkyl or cyclic N) is 1. The molecule has 0 aliphatic carbocycles. The summed E-state index contributed by atoms with van der Waals surface area (Å²) in [7, 11) is 0. The Morgan fingerprint density at radius 2 is 2.38 bits per heavy atom. The third kappa shape index (κ3) is 3.74. The number of nitrogens with one attached hydrogen (secondary N) is 2. The van der Waals surface area contributed by atoms with Crippen LogP contribution in [0.15, 0.2) is 0 Å². The minimum atomic E-state index is -0.253. The molecule has 1 rings (SSSR count). The fraction of sp³-hybridized carbons (Fsp3) is 0.889. The van der Waals surface area contributed by atoms with E-state index in [2.05, 4.69) is 10.6 Å². The molecule has 0 aromatic heterocycles. The summed E-state index contributed by atoms with van der Waals surface area (Å²) in [4.78, 5) is 10.9. The van der Waals surface area contributed by atoms with Crippen LogP contribution >= 0.6 is 0 Å². The van der Waals surface area contributed by atoms with Gasteiger partial charge in [-0.3, -0.25) is 4.79 Å². The summed E-state index contributed by atoms with van der Waals surface area (Å²) >= 11 is 0. The Hall–Kier alpha value is -0.610. The minimum Gasteiger partial charge on any atom is -0.392 e. The molecule has 0 aromatic rings. The summed E-state index contributed by atoms with van der Waals surface area (Å²) in [6.45, 7) is 4.08. The third-order valence-electron chi connectivity index (χ3n) is 2.33. The van der Waals surface area contributed by atoms with Gasteiger partial charge in [-0.2, -0.15) is 0 Å². The smallest absolute Gasteiger partial charge is 0.219 e. The Bertz CT molecular complexity index is 173. The van der Waals surface area contributed by atoms with Gasteiger partial charge in [0.05, 0.1) is 6.10 Å². The standard InChI is InChI=1S/C9H18N2O2/c1-2-9(13)11-5-7-3-8(12)6-10-4-7/h7-8,10,12H,2-6H2,1H3,(H,11,13). The van der Waals surface area contributed by atoms with Gasteiger partial charge in [-0.15, -0.1) is 0 Å². The number of hydrogen-bond donors (Lipinski definition) is 3. The number of rotatable bonds is 3. The Kier molecular flexibility index (Phi) is 4.18. The van der Waals surface area contributed by atoms with Crippen molar-refractivity contribution in [3.05, 3.63) is 0 Å². The highest BCUT2D eigenvalue weighted by Crippen LogP contribution is 2.09. The van der Waals surface area contributed by atoms with Crippen molar-refractivity contribution >= 4 is 5.91 Å². The molecule has 0 bridgehead atoms. The summed E-state index contributed by atoms with van der Waals surface area (Å²) < 4.78 is 0. The molecule has 0 saturated carbocycles. The van der Waals surface area contributed by atoms with Gasteiger partial charge in [0.1, 0.15) is 0 Å². The number of aliphatic hydroxyl groups excluding tert-OH is 1. The summed E-state index contributed by atoms with van der Waals surface area (Å²) in [5.74, 6) is 0.458. The molecule has 4 nitrogen and oxygen atoms in total. The molecule has 1 saturated heterocycles. The van der Waals surface area contributed by atoms with E-state index in [1.807, 2.05) is 6.92 Å². The first-order valence-electron chi connectivity index (χ1n) is 4.87. The molecular weight excluding hydrogens is 168 g/mol. The van der Waals surface area contributed by atoms with E-state index in [-0.39, 0.29) is 12.0 Å². The van der Waals surface area contributed by atoms with E-state index in [0.29, 0.717) is 25.4 Å². The van der Waals surface area contributed by atoms with E-state index in [1.165, 1.54) is 0 Å². The maximum atomic E-state index is 10.9. The first-order chi connectivity index (χ1) is 6.22. The average Bonchev–Trinajstić information content (AvgIpc) is 2.14. The molecule has 0 aromatic carbocycles. The van der Waals surface area contributed by atoms with Crippen molar-refractivity contribution in [3.8, 4) is 0 Å². The SMILES string of the molecule is CCC(=O)NCC1CNCC(O)C1. The first-order valence-corrected chi connectivity index (χ1v) is 4.87. The fourth-order valence-electron chi connectivity index (χ4n) is 1.54. The molecule has 0 spiro atoms. The van der Waals surface area contributed by atoms with Crippen molar-refractivity contribution in [3.63, 3.8) is 0 Å². The number of aliphatic hydroxyl groups is 1. The van der Waals surface area contributed by atoms with Gasteiger partial charge in [-0.1, -0.05) is 6.92 Å². The lowest BCUT2D eigenvalue weighted by Crippen LogP contribution is -2.43. The highest BCUT2D eigenvalue weighted by molar-refractivity contribution is 5.75. The van der Waals surface area contributed by atoms with Crippen LogP contribution in [0.25, 0.3) is 0 Å². The van der Waals surface area contributed by atoms with E-state index in [9.17, 15) is 9.90 Å². The molecular formula is C9H18N2O2. The van der Waals surface area contributed by atoms with Crippen LogP contribution in [0.1, 0.15) is 19.8 Å². The first kappa shape index (κ1) is 10.5. The van der Waals surface area contributed by atoms with Gasteiger partial charge in [0, 0.05) is 19.5 Å². The van der Waals surface area contributed by atoms with Gasteiger partial charge in [0.2, 0.25) is 5.91 Å². The molecule has 2 unspecified atom stereocenters. The van der Waals surface area contributed by atoms with Crippen LogP contribution in [0, 0.1) is 5.92 Å². The number of carbonyl (C=O) groups is 1. The van der Waals surface area contributed by atoms with Crippen LogP contribution in [0.4, 0.5) is 0 Å². The van der Waals surface area contributed by atoms with E-state index in [0.717, 1.165) is 13.0 Å². The molecule has 1 fully saturated rings. The van der Waals surface area contributed by atoms with E-state index < -0.39 is 0 Å². The number of amides is 1. The lowest BCUT2D eigenvalue weighted by molar-refractivity contribution is -0.121. The van der Waals surface area contributed by atoms with E-state index in [1.54, 1.807) is 0 Å². The molecule has 1 aliphatic heterocycles. The molecule has 4 heteroatoms. The van der Waals surface area contributed by atoms with E-state index >= 15 is 0 Å². The van der Waals surface area contributed by atoms with Crippen molar-refractivity contribution in [2.75, 3.05) is 19.6 Å². The third-order valence-corrected chi connectivity index (χ3v) is 2.33. The van der Waals surface area contributed by atoms with Crippen LogP contribution in [-0.4, -0.2) is 36.8 Å². The van der Waals surface area contributed by atoms with Crippen molar-refractivity contribution in [2.45, 2.75) is 25.9 Å². The van der Waals surface area contributed by atoms with Crippen molar-refractivity contribution in [1.82, 2.24) is 10.6 Å².